The van der Waals surface area contributed by atoms with Gasteiger partial charge in [-0.1, -0.05) is 273 Å². The number of hydrogen-bond acceptors (Lipinski definition) is 6. The summed E-state index contributed by atoms with van der Waals surface area (Å²) in [4.78, 5) is 38.2. The lowest BCUT2D eigenvalue weighted by atomic mass is 10.0. The average molecular weight is 950 g/mol. The van der Waals surface area contributed by atoms with Crippen LogP contribution in [0.2, 0.25) is 0 Å². The minimum absolute atomic E-state index is 0.0849. The zero-order chi connectivity index (χ0) is 49.3. The number of allylic oxidation sites excluding steroid dienone is 12. The van der Waals surface area contributed by atoms with Crippen molar-refractivity contribution < 1.29 is 28.6 Å². The van der Waals surface area contributed by atoms with Gasteiger partial charge in [-0.3, -0.25) is 14.4 Å². The molecule has 1 atom stereocenters. The Kier molecular flexibility index (Phi) is 53.8. The van der Waals surface area contributed by atoms with Crippen molar-refractivity contribution in [1.29, 1.82) is 0 Å². The van der Waals surface area contributed by atoms with Crippen molar-refractivity contribution in [1.82, 2.24) is 0 Å². The fraction of sp³-hybridized carbons (Fsp3) is 0.758. The summed E-state index contributed by atoms with van der Waals surface area (Å²) in [5.74, 6) is -0.909. The predicted octanol–water partition coefficient (Wildman–Crippen LogP) is 19.4. The molecule has 0 aromatic heterocycles. The lowest BCUT2D eigenvalue weighted by molar-refractivity contribution is -0.167. The molecule has 0 heterocycles. The van der Waals surface area contributed by atoms with Gasteiger partial charge in [0.2, 0.25) is 0 Å². The Morgan fingerprint density at radius 1 is 0.294 bits per heavy atom. The van der Waals surface area contributed by atoms with E-state index in [1.165, 1.54) is 148 Å². The third kappa shape index (κ3) is 53.8. The van der Waals surface area contributed by atoms with Crippen molar-refractivity contribution >= 4 is 17.9 Å². The summed E-state index contributed by atoms with van der Waals surface area (Å²) in [6.07, 6.45) is 71.7. The molecule has 0 aliphatic rings. The van der Waals surface area contributed by atoms with E-state index in [1.807, 2.05) is 24.3 Å². The first-order chi connectivity index (χ1) is 33.5. The van der Waals surface area contributed by atoms with Crippen LogP contribution in [0.1, 0.15) is 284 Å². The second-order valence-electron chi connectivity index (χ2n) is 19.3. The molecule has 392 valence electrons. The maximum atomic E-state index is 12.9. The molecule has 68 heavy (non-hydrogen) atoms. The Balaban J connectivity index is 4.43. The summed E-state index contributed by atoms with van der Waals surface area (Å²) in [6.45, 7) is 6.55. The molecule has 0 bridgehead atoms. The Morgan fingerprint density at radius 2 is 0.574 bits per heavy atom. The number of rotatable bonds is 52. The Morgan fingerprint density at radius 3 is 0.926 bits per heavy atom. The van der Waals surface area contributed by atoms with E-state index < -0.39 is 6.10 Å². The number of carbonyl (C=O) groups excluding carboxylic acids is 3. The highest BCUT2D eigenvalue weighted by Crippen LogP contribution is 2.16. The van der Waals surface area contributed by atoms with Crippen LogP contribution in [0.15, 0.2) is 72.9 Å². The minimum atomic E-state index is -0.789. The molecule has 0 rings (SSSR count). The van der Waals surface area contributed by atoms with Crippen molar-refractivity contribution in [2.75, 3.05) is 13.2 Å². The molecule has 0 saturated heterocycles. The zero-order valence-corrected chi connectivity index (χ0v) is 44.9. The number of ether oxygens (including phenoxy) is 3. The topological polar surface area (TPSA) is 78.9 Å². The average Bonchev–Trinajstić information content (AvgIpc) is 3.34. The highest BCUT2D eigenvalue weighted by atomic mass is 16.6. The molecule has 0 saturated carbocycles. The summed E-state index contributed by atoms with van der Waals surface area (Å²) in [7, 11) is 0. The van der Waals surface area contributed by atoms with Crippen molar-refractivity contribution in [3.05, 3.63) is 72.9 Å². The maximum Gasteiger partial charge on any atom is 0.306 e. The number of hydrogen-bond donors (Lipinski definition) is 0. The standard InChI is InChI=1S/C62H108O6/c1-4-7-10-13-16-19-22-25-28-30-32-34-37-40-43-46-49-52-55-61(64)67-58-59(57-66-60(63)54-51-48-45-42-39-36-27-24-21-18-15-12-9-6-3)68-62(65)56-53-50-47-44-41-38-35-33-31-29-26-23-20-17-14-11-8-5-2/h10,13,16,19,22,25,28,30,32-35,59H,4-9,11-12,14-15,17-18,20-21,23-24,26-27,29,31,36-58H2,1-3H3/b13-10-,19-16-,25-22-,30-28-,34-32-,35-33-. The van der Waals surface area contributed by atoms with E-state index in [4.69, 9.17) is 14.2 Å². The minimum Gasteiger partial charge on any atom is -0.462 e. The first-order valence-electron chi connectivity index (χ1n) is 29.0. The number of esters is 3. The second kappa shape index (κ2) is 56.4. The van der Waals surface area contributed by atoms with Crippen molar-refractivity contribution in [2.24, 2.45) is 0 Å². The SMILES string of the molecule is CCC\C=C/C=C\C=C/C=C\C=C/CCCCCCCC(=O)OCC(COC(=O)CCCCCCCCCCCCCCCC)OC(=O)CCCCCCC/C=C\CCCCCCCCCCC. The third-order valence-electron chi connectivity index (χ3n) is 12.5. The molecule has 6 heteroatoms. The molecule has 6 nitrogen and oxygen atoms in total. The van der Waals surface area contributed by atoms with Crippen molar-refractivity contribution in [3.63, 3.8) is 0 Å². The molecule has 0 amide bonds. The summed E-state index contributed by atoms with van der Waals surface area (Å²) < 4.78 is 16.9. The molecule has 1 unspecified atom stereocenters. The van der Waals surface area contributed by atoms with E-state index in [0.29, 0.717) is 19.3 Å². The molecule has 0 aromatic carbocycles. The quantitative estimate of drug-likeness (QED) is 0.0199. The second-order valence-corrected chi connectivity index (χ2v) is 19.3. The van der Waals surface area contributed by atoms with Gasteiger partial charge < -0.3 is 14.2 Å². The third-order valence-corrected chi connectivity index (χ3v) is 12.5. The van der Waals surface area contributed by atoms with Crippen LogP contribution in [0.25, 0.3) is 0 Å². The van der Waals surface area contributed by atoms with Crippen molar-refractivity contribution in [2.45, 2.75) is 290 Å². The molecule has 0 aromatic rings. The molecular formula is C62H108O6. The van der Waals surface area contributed by atoms with Gasteiger partial charge in [-0.15, -0.1) is 0 Å². The largest absolute Gasteiger partial charge is 0.462 e. The van der Waals surface area contributed by atoms with Crippen LogP contribution in [0, 0.1) is 0 Å². The van der Waals surface area contributed by atoms with Gasteiger partial charge in [-0.2, -0.15) is 0 Å². The van der Waals surface area contributed by atoms with Crippen LogP contribution in [-0.2, 0) is 28.6 Å². The fourth-order valence-corrected chi connectivity index (χ4v) is 8.17. The van der Waals surface area contributed by atoms with Crippen LogP contribution >= 0.6 is 0 Å². The van der Waals surface area contributed by atoms with Gasteiger partial charge >= 0.3 is 17.9 Å². The van der Waals surface area contributed by atoms with E-state index in [2.05, 4.69) is 69.4 Å². The predicted molar refractivity (Wildman–Crippen MR) is 293 cm³/mol. The molecule has 0 aliphatic carbocycles. The van der Waals surface area contributed by atoms with Crippen LogP contribution in [0.5, 0.6) is 0 Å². The Hall–Kier alpha value is -3.15. The molecule has 0 spiro atoms. The van der Waals surface area contributed by atoms with E-state index >= 15 is 0 Å². The smallest absolute Gasteiger partial charge is 0.306 e. The lowest BCUT2D eigenvalue weighted by Gasteiger charge is -2.18. The van der Waals surface area contributed by atoms with Gasteiger partial charge in [0.05, 0.1) is 0 Å². The highest BCUT2D eigenvalue weighted by Gasteiger charge is 2.19. The van der Waals surface area contributed by atoms with Crippen molar-refractivity contribution in [3.8, 4) is 0 Å². The van der Waals surface area contributed by atoms with Crippen LogP contribution in [0.3, 0.4) is 0 Å². The van der Waals surface area contributed by atoms with E-state index in [9.17, 15) is 14.4 Å². The van der Waals surface area contributed by atoms with Gasteiger partial charge in [-0.25, -0.2) is 0 Å². The zero-order valence-electron chi connectivity index (χ0n) is 44.9. The molecular weight excluding hydrogens is 841 g/mol. The molecule has 0 radical (unpaired) electrons. The van der Waals surface area contributed by atoms with Gasteiger partial charge in [-0.05, 0) is 64.2 Å². The molecule has 0 fully saturated rings. The highest BCUT2D eigenvalue weighted by molar-refractivity contribution is 5.71. The molecule has 0 N–H and O–H groups in total. The van der Waals surface area contributed by atoms with Crippen LogP contribution in [-0.4, -0.2) is 37.2 Å². The molecule has 0 aliphatic heterocycles. The first-order valence-corrected chi connectivity index (χ1v) is 29.0. The normalized spacial score (nSPS) is 12.6. The number of unbranched alkanes of at least 4 members (excludes halogenated alkanes) is 33. The Labute approximate surface area is 421 Å². The summed E-state index contributed by atoms with van der Waals surface area (Å²) >= 11 is 0. The van der Waals surface area contributed by atoms with Crippen LogP contribution < -0.4 is 0 Å². The van der Waals surface area contributed by atoms with E-state index in [0.717, 1.165) is 96.3 Å². The van der Waals surface area contributed by atoms with Gasteiger partial charge in [0.25, 0.3) is 0 Å². The monoisotopic (exact) mass is 949 g/mol. The number of carbonyl (C=O) groups is 3. The van der Waals surface area contributed by atoms with Crippen LogP contribution in [0.4, 0.5) is 0 Å². The fourth-order valence-electron chi connectivity index (χ4n) is 8.17. The van der Waals surface area contributed by atoms with E-state index in [1.54, 1.807) is 0 Å². The summed E-state index contributed by atoms with van der Waals surface area (Å²) in [6, 6.07) is 0. The first kappa shape index (κ1) is 64.8. The summed E-state index contributed by atoms with van der Waals surface area (Å²) in [5.41, 5.74) is 0. The summed E-state index contributed by atoms with van der Waals surface area (Å²) in [5, 5.41) is 0. The maximum absolute atomic E-state index is 12.9. The lowest BCUT2D eigenvalue weighted by Crippen LogP contribution is -2.30. The van der Waals surface area contributed by atoms with Gasteiger partial charge in [0.1, 0.15) is 13.2 Å². The van der Waals surface area contributed by atoms with Gasteiger partial charge in [0, 0.05) is 19.3 Å². The Bertz CT molecular complexity index is 1270. The van der Waals surface area contributed by atoms with E-state index in [-0.39, 0.29) is 31.1 Å². The van der Waals surface area contributed by atoms with Gasteiger partial charge in [0.15, 0.2) is 6.10 Å².